The molecule has 0 bridgehead atoms. The zero-order valence-corrected chi connectivity index (χ0v) is 12.1. The summed E-state index contributed by atoms with van der Waals surface area (Å²) in [6, 6.07) is 7.97. The van der Waals surface area contributed by atoms with Crippen molar-refractivity contribution in [2.75, 3.05) is 7.11 Å². The van der Waals surface area contributed by atoms with Gasteiger partial charge in [0.05, 0.1) is 31.4 Å². The van der Waals surface area contributed by atoms with E-state index in [0.717, 1.165) is 30.8 Å². The number of aliphatic hydroxyl groups is 1. The van der Waals surface area contributed by atoms with Crippen LogP contribution in [0.4, 0.5) is 0 Å². The van der Waals surface area contributed by atoms with Crippen LogP contribution in [0.2, 0.25) is 0 Å². The molecule has 4 nitrogen and oxygen atoms in total. The number of benzene rings is 1. The number of methoxy groups -OCH3 is 1. The monoisotopic (exact) mass is 274 g/mol. The predicted octanol–water partition coefficient (Wildman–Crippen LogP) is 2.97. The number of hydrogen-bond acceptors (Lipinski definition) is 3. The molecule has 0 radical (unpaired) electrons. The Bertz CT molecular complexity index is 520. The van der Waals surface area contributed by atoms with Gasteiger partial charge in [0.25, 0.3) is 0 Å². The Hall–Kier alpha value is -1.81. The maximum absolute atomic E-state index is 10.3. The van der Waals surface area contributed by atoms with Crippen molar-refractivity contribution in [2.24, 2.45) is 0 Å². The third-order valence-electron chi connectivity index (χ3n) is 3.42. The van der Waals surface area contributed by atoms with Gasteiger partial charge in [-0.1, -0.05) is 19.1 Å². The van der Waals surface area contributed by atoms with Crippen molar-refractivity contribution in [2.45, 2.75) is 38.8 Å². The highest BCUT2D eigenvalue weighted by molar-refractivity contribution is 5.27. The van der Waals surface area contributed by atoms with Crippen molar-refractivity contribution in [1.82, 2.24) is 9.55 Å². The fraction of sp³-hybridized carbons (Fsp3) is 0.438. The topological polar surface area (TPSA) is 47.3 Å². The molecule has 0 saturated heterocycles. The first-order chi connectivity index (χ1) is 9.74. The van der Waals surface area contributed by atoms with Gasteiger partial charge in [0, 0.05) is 6.54 Å². The van der Waals surface area contributed by atoms with Crippen molar-refractivity contribution < 1.29 is 9.84 Å². The molecule has 0 amide bonds. The summed E-state index contributed by atoms with van der Waals surface area (Å²) >= 11 is 0. The zero-order chi connectivity index (χ0) is 14.4. The predicted molar refractivity (Wildman–Crippen MR) is 78.8 cm³/mol. The van der Waals surface area contributed by atoms with E-state index in [2.05, 4.69) is 11.9 Å². The minimum absolute atomic E-state index is 0.467. The van der Waals surface area contributed by atoms with Crippen LogP contribution in [0.15, 0.2) is 36.8 Å². The van der Waals surface area contributed by atoms with Gasteiger partial charge >= 0.3 is 0 Å². The number of rotatable bonds is 7. The molecule has 1 aromatic carbocycles. The van der Waals surface area contributed by atoms with Crippen LogP contribution >= 0.6 is 0 Å². The first-order valence-electron chi connectivity index (χ1n) is 7.05. The van der Waals surface area contributed by atoms with Crippen LogP contribution in [0, 0.1) is 0 Å². The Morgan fingerprint density at radius 2 is 2.05 bits per heavy atom. The van der Waals surface area contributed by atoms with Crippen LogP contribution in [0.5, 0.6) is 5.75 Å². The summed E-state index contributed by atoms with van der Waals surface area (Å²) in [4.78, 5) is 4.13. The van der Waals surface area contributed by atoms with Crippen LogP contribution in [0.25, 0.3) is 0 Å². The minimum atomic E-state index is -0.467. The van der Waals surface area contributed by atoms with E-state index in [0.29, 0.717) is 6.42 Å². The highest BCUT2D eigenvalue weighted by atomic mass is 16.5. The molecule has 1 atom stereocenters. The summed E-state index contributed by atoms with van der Waals surface area (Å²) in [6.07, 6.45) is 5.65. The molecule has 2 rings (SSSR count). The molecule has 0 spiro atoms. The second kappa shape index (κ2) is 7.10. The fourth-order valence-corrected chi connectivity index (χ4v) is 2.28. The molecule has 0 aliphatic heterocycles. The van der Waals surface area contributed by atoms with E-state index >= 15 is 0 Å². The second-order valence-corrected chi connectivity index (χ2v) is 4.91. The average Bonchev–Trinajstić information content (AvgIpc) is 2.94. The van der Waals surface area contributed by atoms with Gasteiger partial charge in [0.15, 0.2) is 0 Å². The lowest BCUT2D eigenvalue weighted by Gasteiger charge is -2.13. The lowest BCUT2D eigenvalue weighted by molar-refractivity contribution is 0.158. The van der Waals surface area contributed by atoms with Crippen molar-refractivity contribution in [3.63, 3.8) is 0 Å². The van der Waals surface area contributed by atoms with E-state index in [-0.39, 0.29) is 0 Å². The lowest BCUT2D eigenvalue weighted by Crippen LogP contribution is -2.07. The molecule has 0 saturated carbocycles. The van der Waals surface area contributed by atoms with Gasteiger partial charge in [-0.2, -0.15) is 0 Å². The fourth-order valence-electron chi connectivity index (χ4n) is 2.28. The van der Waals surface area contributed by atoms with Gasteiger partial charge in [-0.25, -0.2) is 4.98 Å². The standard InChI is InChI=1S/C16H22N2O2/c1-3-10-18-12-17-11-15(18)16(19)9-6-13-4-7-14(20-2)8-5-13/h4-5,7-8,11-12,16,19H,3,6,9-10H2,1-2H3. The van der Waals surface area contributed by atoms with E-state index < -0.39 is 6.10 Å². The number of ether oxygens (including phenoxy) is 1. The molecule has 1 unspecified atom stereocenters. The maximum atomic E-state index is 10.3. The van der Waals surface area contributed by atoms with Gasteiger partial charge in [-0.15, -0.1) is 0 Å². The van der Waals surface area contributed by atoms with E-state index in [9.17, 15) is 5.11 Å². The number of aliphatic hydroxyl groups excluding tert-OH is 1. The van der Waals surface area contributed by atoms with Crippen molar-refractivity contribution >= 4 is 0 Å². The summed E-state index contributed by atoms with van der Waals surface area (Å²) in [7, 11) is 1.66. The third kappa shape index (κ3) is 3.61. The SMILES string of the molecule is CCCn1cncc1C(O)CCc1ccc(OC)cc1. The summed E-state index contributed by atoms with van der Waals surface area (Å²) in [5.74, 6) is 0.857. The molecule has 2 aromatic rings. The molecule has 0 aliphatic rings. The van der Waals surface area contributed by atoms with Crippen LogP contribution in [0.1, 0.15) is 37.1 Å². The summed E-state index contributed by atoms with van der Waals surface area (Å²) in [5.41, 5.74) is 2.10. The maximum Gasteiger partial charge on any atom is 0.118 e. The number of hydrogen-bond donors (Lipinski definition) is 1. The van der Waals surface area contributed by atoms with E-state index in [1.54, 1.807) is 19.6 Å². The minimum Gasteiger partial charge on any atom is -0.497 e. The largest absolute Gasteiger partial charge is 0.497 e. The molecule has 20 heavy (non-hydrogen) atoms. The van der Waals surface area contributed by atoms with Crippen LogP contribution in [-0.2, 0) is 13.0 Å². The van der Waals surface area contributed by atoms with Crippen LogP contribution < -0.4 is 4.74 Å². The van der Waals surface area contributed by atoms with Crippen molar-refractivity contribution in [3.8, 4) is 5.75 Å². The first kappa shape index (κ1) is 14.6. The van der Waals surface area contributed by atoms with Gasteiger partial charge in [0.2, 0.25) is 0 Å². The molecule has 4 heteroatoms. The number of imidazole rings is 1. The van der Waals surface area contributed by atoms with Crippen molar-refractivity contribution in [1.29, 1.82) is 0 Å². The smallest absolute Gasteiger partial charge is 0.118 e. The first-order valence-corrected chi connectivity index (χ1v) is 7.05. The molecule has 1 aromatic heterocycles. The quantitative estimate of drug-likeness (QED) is 0.844. The second-order valence-electron chi connectivity index (χ2n) is 4.91. The number of nitrogens with zero attached hydrogens (tertiary/aromatic N) is 2. The van der Waals surface area contributed by atoms with Gasteiger partial charge < -0.3 is 14.4 Å². The Kier molecular flexibility index (Phi) is 5.18. The average molecular weight is 274 g/mol. The highest BCUT2D eigenvalue weighted by Gasteiger charge is 2.12. The van der Waals surface area contributed by atoms with E-state index in [4.69, 9.17) is 4.74 Å². The lowest BCUT2D eigenvalue weighted by atomic mass is 10.1. The third-order valence-corrected chi connectivity index (χ3v) is 3.42. The zero-order valence-electron chi connectivity index (χ0n) is 12.1. The molecular weight excluding hydrogens is 252 g/mol. The molecule has 0 fully saturated rings. The number of aryl methyl sites for hydroxylation is 2. The Balaban J connectivity index is 1.93. The summed E-state index contributed by atoms with van der Waals surface area (Å²) < 4.78 is 7.16. The molecule has 108 valence electrons. The summed E-state index contributed by atoms with van der Waals surface area (Å²) in [5, 5.41) is 10.3. The Morgan fingerprint density at radius 1 is 1.30 bits per heavy atom. The normalized spacial score (nSPS) is 12.3. The Labute approximate surface area is 120 Å². The molecule has 1 heterocycles. The summed E-state index contributed by atoms with van der Waals surface area (Å²) in [6.45, 7) is 3.02. The molecule has 0 aliphatic carbocycles. The van der Waals surface area contributed by atoms with Gasteiger partial charge in [0.1, 0.15) is 5.75 Å². The van der Waals surface area contributed by atoms with Gasteiger partial charge in [-0.3, -0.25) is 0 Å². The van der Waals surface area contributed by atoms with Crippen LogP contribution in [-0.4, -0.2) is 21.8 Å². The molecular formula is C16H22N2O2. The Morgan fingerprint density at radius 3 is 2.70 bits per heavy atom. The van der Waals surface area contributed by atoms with Crippen LogP contribution in [0.3, 0.4) is 0 Å². The highest BCUT2D eigenvalue weighted by Crippen LogP contribution is 2.20. The van der Waals surface area contributed by atoms with Gasteiger partial charge in [-0.05, 0) is 37.0 Å². The van der Waals surface area contributed by atoms with Crippen molar-refractivity contribution in [3.05, 3.63) is 48.0 Å². The molecule has 1 N–H and O–H groups in total. The van der Waals surface area contributed by atoms with E-state index in [1.165, 1.54) is 5.56 Å². The van der Waals surface area contributed by atoms with E-state index in [1.807, 2.05) is 28.8 Å². The number of aromatic nitrogens is 2.